The molecule has 1 heterocycles. The van der Waals surface area contributed by atoms with Gasteiger partial charge in [-0.3, -0.25) is 19.2 Å². The van der Waals surface area contributed by atoms with Crippen molar-refractivity contribution in [1.29, 1.82) is 0 Å². The second kappa shape index (κ2) is 21.9. The number of Topliss-reactive ketones (excluding diaryl/α,β-unsaturated/α-hetero) is 2. The van der Waals surface area contributed by atoms with Crippen LogP contribution in [-0.4, -0.2) is 87.1 Å². The first-order valence-corrected chi connectivity index (χ1v) is 20.8. The molecule has 12 heteroatoms. The maximum Gasteiger partial charge on any atom is 0.306 e. The maximum absolute atomic E-state index is 13.7. The smallest absolute Gasteiger partial charge is 0.306 e. The van der Waals surface area contributed by atoms with Gasteiger partial charge in [0.05, 0.1) is 52.5 Å². The van der Waals surface area contributed by atoms with Crippen molar-refractivity contribution in [2.24, 2.45) is 5.73 Å². The predicted molar refractivity (Wildman–Crippen MR) is 229 cm³/mol. The fourth-order valence-corrected chi connectivity index (χ4v) is 7.87. The number of ketones is 2. The minimum absolute atomic E-state index is 0.0337. The zero-order valence-corrected chi connectivity index (χ0v) is 35.6. The molecule has 5 rings (SSSR count). The van der Waals surface area contributed by atoms with Gasteiger partial charge in [-0.05, 0) is 94.1 Å². The van der Waals surface area contributed by atoms with E-state index in [1.54, 1.807) is 21.1 Å². The molecule has 0 spiro atoms. The number of benzene rings is 4. The second-order valence-electron chi connectivity index (χ2n) is 14.2. The Hall–Kier alpha value is -4.63. The molecule has 2 N–H and O–H groups in total. The molecular formula is C46H53IN2O9. The molecule has 4 aromatic rings. The number of esters is 1. The van der Waals surface area contributed by atoms with E-state index in [9.17, 15) is 19.2 Å². The van der Waals surface area contributed by atoms with Gasteiger partial charge in [-0.2, -0.15) is 0 Å². The molecule has 58 heavy (non-hydrogen) atoms. The number of rotatable bonds is 22. The van der Waals surface area contributed by atoms with Gasteiger partial charge in [-0.1, -0.05) is 73.7 Å². The van der Waals surface area contributed by atoms with Crippen LogP contribution in [0.4, 0.5) is 0 Å². The SMILES string of the molecule is CCC(=O)CCC(=O)O[C@@H]1C[C@@H](C(=O)CCCOCCOC(c2ccccc2)(c2ccc(OC)cc2)c2ccc(OC)cc2)N(C(=O)[C@@H](N)Cc2cccc(I)c2)C1. The number of nitrogens with zero attached hydrogens (tertiary/aromatic N) is 1. The number of methoxy groups -OCH3 is 2. The summed E-state index contributed by atoms with van der Waals surface area (Å²) in [5, 5.41) is 0. The molecule has 1 aliphatic rings. The Kier molecular flexibility index (Phi) is 16.8. The lowest BCUT2D eigenvalue weighted by molar-refractivity contribution is -0.150. The highest BCUT2D eigenvalue weighted by Crippen LogP contribution is 2.41. The summed E-state index contributed by atoms with van der Waals surface area (Å²) in [5.41, 5.74) is 9.10. The van der Waals surface area contributed by atoms with E-state index in [-0.39, 0.29) is 69.5 Å². The van der Waals surface area contributed by atoms with E-state index in [0.717, 1.165) is 37.3 Å². The quantitative estimate of drug-likeness (QED) is 0.0386. The minimum atomic E-state index is -0.983. The van der Waals surface area contributed by atoms with Crippen LogP contribution >= 0.6 is 22.6 Å². The van der Waals surface area contributed by atoms with Crippen molar-refractivity contribution in [2.45, 2.75) is 75.7 Å². The summed E-state index contributed by atoms with van der Waals surface area (Å²) in [5.74, 6) is 0.363. The number of carbonyl (C=O) groups excluding carboxylic acids is 4. The summed E-state index contributed by atoms with van der Waals surface area (Å²) in [6, 6.07) is 31.7. The predicted octanol–water partition coefficient (Wildman–Crippen LogP) is 6.82. The minimum Gasteiger partial charge on any atom is -0.497 e. The van der Waals surface area contributed by atoms with Gasteiger partial charge in [0.25, 0.3) is 0 Å². The molecule has 1 amide bonds. The number of ether oxygens (including phenoxy) is 5. The van der Waals surface area contributed by atoms with Gasteiger partial charge >= 0.3 is 5.97 Å². The fourth-order valence-electron chi connectivity index (χ4n) is 7.26. The van der Waals surface area contributed by atoms with E-state index in [1.807, 2.05) is 103 Å². The van der Waals surface area contributed by atoms with Crippen molar-refractivity contribution in [3.05, 3.63) is 129 Å². The van der Waals surface area contributed by atoms with Gasteiger partial charge in [0.15, 0.2) is 5.78 Å². The Balaban J connectivity index is 1.22. The molecular weight excluding hydrogens is 851 g/mol. The van der Waals surface area contributed by atoms with Crippen LogP contribution in [0, 0.1) is 3.57 Å². The first-order chi connectivity index (χ1) is 28.1. The molecule has 0 bridgehead atoms. The Morgan fingerprint density at radius 3 is 2.03 bits per heavy atom. The monoisotopic (exact) mass is 904 g/mol. The van der Waals surface area contributed by atoms with Gasteiger partial charge in [0, 0.05) is 35.9 Å². The summed E-state index contributed by atoms with van der Waals surface area (Å²) < 4.78 is 30.5. The average Bonchev–Trinajstić information content (AvgIpc) is 3.67. The van der Waals surface area contributed by atoms with Crippen LogP contribution in [-0.2, 0) is 45.4 Å². The lowest BCUT2D eigenvalue weighted by atomic mass is 9.80. The second-order valence-corrected chi connectivity index (χ2v) is 15.5. The first-order valence-electron chi connectivity index (χ1n) is 19.7. The molecule has 0 aliphatic carbocycles. The van der Waals surface area contributed by atoms with Crippen LogP contribution in [0.15, 0.2) is 103 Å². The van der Waals surface area contributed by atoms with Crippen molar-refractivity contribution in [2.75, 3.05) is 40.6 Å². The van der Waals surface area contributed by atoms with Crippen molar-refractivity contribution in [3.8, 4) is 11.5 Å². The molecule has 1 fully saturated rings. The lowest BCUT2D eigenvalue weighted by Crippen LogP contribution is -2.49. The standard InChI is InChI=1S/C46H53IN2O9/c1-4-37(50)19-24-44(52)58-40-30-42(49(31-40)45(53)41(48)29-32-10-8-13-36(47)28-32)43(51)14-9-25-56-26-27-57-46(33-11-6-5-7-12-33,34-15-20-38(54-2)21-16-34)35-17-22-39(55-3)23-18-35/h5-8,10-13,15-18,20-23,28,40-42H,4,9,14,19,24-27,29-31,48H2,1-3H3/t40-,41+,42+/m1/s1. The van der Waals surface area contributed by atoms with Crippen LogP contribution in [0.25, 0.3) is 0 Å². The van der Waals surface area contributed by atoms with E-state index in [1.165, 1.54) is 4.90 Å². The van der Waals surface area contributed by atoms with Gasteiger partial charge in [0.1, 0.15) is 29.0 Å². The first kappa shape index (κ1) is 44.5. The average molecular weight is 905 g/mol. The Morgan fingerprint density at radius 2 is 1.43 bits per heavy atom. The van der Waals surface area contributed by atoms with E-state index < -0.39 is 29.8 Å². The van der Waals surface area contributed by atoms with Crippen LogP contribution < -0.4 is 15.2 Å². The van der Waals surface area contributed by atoms with Crippen LogP contribution in [0.1, 0.15) is 67.7 Å². The Labute approximate surface area is 354 Å². The van der Waals surface area contributed by atoms with Crippen LogP contribution in [0.5, 0.6) is 11.5 Å². The van der Waals surface area contributed by atoms with Crippen molar-refractivity contribution >= 4 is 46.0 Å². The van der Waals surface area contributed by atoms with Crippen molar-refractivity contribution in [1.82, 2.24) is 4.90 Å². The van der Waals surface area contributed by atoms with Gasteiger partial charge < -0.3 is 34.3 Å². The number of nitrogens with two attached hydrogens (primary N) is 1. The normalized spacial score (nSPS) is 15.8. The van der Waals surface area contributed by atoms with Crippen molar-refractivity contribution < 1.29 is 42.9 Å². The highest BCUT2D eigenvalue weighted by Gasteiger charge is 2.42. The highest BCUT2D eigenvalue weighted by atomic mass is 127. The molecule has 11 nitrogen and oxygen atoms in total. The number of hydrogen-bond acceptors (Lipinski definition) is 10. The van der Waals surface area contributed by atoms with E-state index in [4.69, 9.17) is 29.4 Å². The zero-order chi connectivity index (χ0) is 41.5. The maximum atomic E-state index is 13.7. The molecule has 0 radical (unpaired) electrons. The third-order valence-electron chi connectivity index (χ3n) is 10.3. The lowest BCUT2D eigenvalue weighted by Gasteiger charge is -2.36. The summed E-state index contributed by atoms with van der Waals surface area (Å²) in [6.07, 6.45) is 0.740. The van der Waals surface area contributed by atoms with E-state index in [2.05, 4.69) is 22.6 Å². The molecule has 1 saturated heterocycles. The molecule has 0 unspecified atom stereocenters. The summed E-state index contributed by atoms with van der Waals surface area (Å²) >= 11 is 2.21. The van der Waals surface area contributed by atoms with E-state index in [0.29, 0.717) is 19.3 Å². The zero-order valence-electron chi connectivity index (χ0n) is 33.4. The van der Waals surface area contributed by atoms with Crippen molar-refractivity contribution in [3.63, 3.8) is 0 Å². The molecule has 1 aliphatic heterocycles. The van der Waals surface area contributed by atoms with Gasteiger partial charge in [0.2, 0.25) is 5.91 Å². The molecule has 0 saturated carbocycles. The van der Waals surface area contributed by atoms with E-state index >= 15 is 0 Å². The topological polar surface area (TPSA) is 144 Å². The summed E-state index contributed by atoms with van der Waals surface area (Å²) in [7, 11) is 3.26. The van der Waals surface area contributed by atoms with Crippen LogP contribution in [0.3, 0.4) is 0 Å². The largest absolute Gasteiger partial charge is 0.497 e. The third-order valence-corrected chi connectivity index (χ3v) is 11.0. The Morgan fingerprint density at radius 1 is 0.793 bits per heavy atom. The van der Waals surface area contributed by atoms with Crippen LogP contribution in [0.2, 0.25) is 0 Å². The highest BCUT2D eigenvalue weighted by molar-refractivity contribution is 14.1. The molecule has 3 atom stereocenters. The molecule has 308 valence electrons. The third kappa shape index (κ3) is 11.7. The molecule has 0 aromatic heterocycles. The number of halogens is 1. The summed E-state index contributed by atoms with van der Waals surface area (Å²) in [4.78, 5) is 53.3. The number of hydrogen-bond donors (Lipinski definition) is 1. The number of likely N-dealkylation sites (tertiary alicyclic amines) is 1. The molecule has 4 aromatic carbocycles. The fraction of sp³-hybridized carbons (Fsp3) is 0.391. The number of carbonyl (C=O) groups is 4. The van der Waals surface area contributed by atoms with Gasteiger partial charge in [-0.25, -0.2) is 0 Å². The number of amides is 1. The van der Waals surface area contributed by atoms with Gasteiger partial charge in [-0.15, -0.1) is 0 Å². The Bertz CT molecular complexity index is 1910. The summed E-state index contributed by atoms with van der Waals surface area (Å²) in [6.45, 7) is 2.58.